The largest absolute Gasteiger partial charge is 0.489 e. The fraction of sp³-hybridized carbons (Fsp3) is 0.240. The molecule has 31 heavy (non-hydrogen) atoms. The van der Waals surface area contributed by atoms with Gasteiger partial charge in [-0.05, 0) is 66.4 Å². The van der Waals surface area contributed by atoms with Crippen LogP contribution in [0.5, 0.6) is 5.75 Å². The quantitative estimate of drug-likeness (QED) is 0.259. The van der Waals surface area contributed by atoms with Crippen LogP contribution < -0.4 is 4.74 Å². The molecule has 1 aliphatic rings. The maximum Gasteiger partial charge on any atom is 0.316 e. The van der Waals surface area contributed by atoms with Crippen LogP contribution in [-0.2, 0) is 27.3 Å². The van der Waals surface area contributed by atoms with E-state index in [2.05, 4.69) is 24.3 Å². The van der Waals surface area contributed by atoms with Crippen LogP contribution in [0.1, 0.15) is 29.5 Å². The van der Waals surface area contributed by atoms with Gasteiger partial charge in [0.05, 0.1) is 12.5 Å². The topological polar surface area (TPSA) is 35.5 Å². The first-order valence-electron chi connectivity index (χ1n) is 9.98. The molecule has 4 rings (SSSR count). The first-order valence-corrected chi connectivity index (χ1v) is 11.7. The molecule has 0 radical (unpaired) electrons. The Kier molecular flexibility index (Phi) is 6.80. The van der Waals surface area contributed by atoms with Crippen molar-refractivity contribution in [3.8, 4) is 5.75 Å². The van der Waals surface area contributed by atoms with E-state index < -0.39 is 5.41 Å². The first kappa shape index (κ1) is 22.1. The van der Waals surface area contributed by atoms with Crippen molar-refractivity contribution >= 4 is 40.9 Å². The van der Waals surface area contributed by atoms with Crippen molar-refractivity contribution in [3.05, 3.63) is 93.5 Å². The molecule has 1 saturated carbocycles. The number of benzene rings is 3. The maximum atomic E-state index is 12.0. The summed E-state index contributed by atoms with van der Waals surface area (Å²) in [5, 5.41) is 1.28. The Morgan fingerprint density at radius 2 is 1.71 bits per heavy atom. The van der Waals surface area contributed by atoms with Gasteiger partial charge in [0.15, 0.2) is 0 Å². The minimum atomic E-state index is -0.414. The van der Waals surface area contributed by atoms with Crippen molar-refractivity contribution in [1.29, 1.82) is 0 Å². The van der Waals surface area contributed by atoms with Crippen LogP contribution in [0.25, 0.3) is 0 Å². The van der Waals surface area contributed by atoms with E-state index >= 15 is 0 Å². The summed E-state index contributed by atoms with van der Waals surface area (Å²) in [5.74, 6) is 1.50. The monoisotopic (exact) mass is 472 g/mol. The second-order valence-corrected chi connectivity index (χ2v) is 9.45. The third-order valence-electron chi connectivity index (χ3n) is 5.46. The molecule has 0 atom stereocenters. The summed E-state index contributed by atoms with van der Waals surface area (Å²) in [5.41, 5.74) is 2.70. The summed E-state index contributed by atoms with van der Waals surface area (Å²) in [4.78, 5) is 13.2. The van der Waals surface area contributed by atoms with Crippen LogP contribution in [0, 0.1) is 0 Å². The molecule has 0 heterocycles. The lowest BCUT2D eigenvalue weighted by Gasteiger charge is -2.13. The second kappa shape index (κ2) is 9.56. The normalized spacial score (nSPS) is 14.2. The third-order valence-corrected chi connectivity index (χ3v) is 7.15. The summed E-state index contributed by atoms with van der Waals surface area (Å²) < 4.78 is 10.8. The zero-order valence-electron chi connectivity index (χ0n) is 17.1. The van der Waals surface area contributed by atoms with Gasteiger partial charge < -0.3 is 9.47 Å². The van der Waals surface area contributed by atoms with Gasteiger partial charge in [0.1, 0.15) is 12.4 Å². The molecule has 3 aromatic rings. The van der Waals surface area contributed by atoms with Crippen molar-refractivity contribution in [2.45, 2.75) is 35.5 Å². The predicted molar refractivity (Wildman–Crippen MR) is 126 cm³/mol. The number of thioether (sulfide) groups is 1. The Hall–Kier alpha value is -2.14. The third kappa shape index (κ3) is 5.20. The number of carbonyl (C=O) groups is 1. The van der Waals surface area contributed by atoms with Crippen LogP contribution in [0.2, 0.25) is 10.0 Å². The van der Waals surface area contributed by atoms with Gasteiger partial charge in [0.2, 0.25) is 0 Å². The van der Waals surface area contributed by atoms with E-state index in [0.29, 0.717) is 16.7 Å². The maximum absolute atomic E-state index is 12.0. The van der Waals surface area contributed by atoms with E-state index in [-0.39, 0.29) is 5.97 Å². The lowest BCUT2D eigenvalue weighted by molar-refractivity contribution is -0.143. The zero-order valence-corrected chi connectivity index (χ0v) is 19.4. The molecule has 0 N–H and O–H groups in total. The number of rotatable bonds is 8. The van der Waals surface area contributed by atoms with E-state index in [0.717, 1.165) is 35.5 Å². The molecule has 1 fully saturated rings. The Morgan fingerprint density at radius 1 is 1.00 bits per heavy atom. The highest BCUT2D eigenvalue weighted by Gasteiger charge is 2.52. The van der Waals surface area contributed by atoms with Crippen LogP contribution >= 0.6 is 35.0 Å². The van der Waals surface area contributed by atoms with E-state index in [1.807, 2.05) is 30.3 Å². The molecular formula is C25H22Cl2O3S. The SMILES string of the molecule is COC(=O)C1(c2ccc(SCc3ccc(OCc4cc(Cl)ccc4Cl)cc3)cc2)CC1. The molecule has 0 aromatic heterocycles. The fourth-order valence-corrected chi connectivity index (χ4v) is 4.69. The minimum Gasteiger partial charge on any atom is -0.489 e. The number of esters is 1. The predicted octanol–water partition coefficient (Wildman–Crippen LogP) is 7.07. The summed E-state index contributed by atoms with van der Waals surface area (Å²) in [6.45, 7) is 0.368. The zero-order chi connectivity index (χ0) is 21.8. The highest BCUT2D eigenvalue weighted by molar-refractivity contribution is 7.98. The number of ether oxygens (including phenoxy) is 2. The number of hydrogen-bond acceptors (Lipinski definition) is 4. The van der Waals surface area contributed by atoms with Crippen molar-refractivity contribution in [1.82, 2.24) is 0 Å². The lowest BCUT2D eigenvalue weighted by atomic mass is 9.96. The highest BCUT2D eigenvalue weighted by atomic mass is 35.5. The van der Waals surface area contributed by atoms with Crippen LogP contribution in [-0.4, -0.2) is 13.1 Å². The molecule has 3 nitrogen and oxygen atoms in total. The molecule has 6 heteroatoms. The Bertz CT molecular complexity index is 1060. The summed E-state index contributed by atoms with van der Waals surface area (Å²) in [6, 6.07) is 21.6. The lowest BCUT2D eigenvalue weighted by Crippen LogP contribution is -2.21. The van der Waals surface area contributed by atoms with Crippen LogP contribution in [0.3, 0.4) is 0 Å². The fourth-order valence-electron chi connectivity index (χ4n) is 3.46. The van der Waals surface area contributed by atoms with Gasteiger partial charge in [-0.3, -0.25) is 4.79 Å². The van der Waals surface area contributed by atoms with Gasteiger partial charge in [-0.1, -0.05) is 47.5 Å². The molecule has 1 aliphatic carbocycles. The standard InChI is InChI=1S/C25H22Cl2O3S/c1-29-24(28)25(12-13-25)19-4-9-22(10-5-19)31-16-17-2-7-21(8-3-17)30-15-18-14-20(26)6-11-23(18)27/h2-11,14H,12-13,15-16H2,1H3. The van der Waals surface area contributed by atoms with Crippen molar-refractivity contribution < 1.29 is 14.3 Å². The summed E-state index contributed by atoms with van der Waals surface area (Å²) >= 11 is 14.0. The molecule has 0 spiro atoms. The van der Waals surface area contributed by atoms with E-state index in [4.69, 9.17) is 32.7 Å². The average molecular weight is 473 g/mol. The Labute approximate surface area is 196 Å². The van der Waals surface area contributed by atoms with Crippen LogP contribution in [0.15, 0.2) is 71.6 Å². The summed E-state index contributed by atoms with van der Waals surface area (Å²) in [6.07, 6.45) is 1.73. The minimum absolute atomic E-state index is 0.132. The van der Waals surface area contributed by atoms with Gasteiger partial charge in [0, 0.05) is 26.3 Å². The van der Waals surface area contributed by atoms with E-state index in [1.54, 1.807) is 23.9 Å². The van der Waals surface area contributed by atoms with Gasteiger partial charge in [-0.15, -0.1) is 11.8 Å². The highest BCUT2D eigenvalue weighted by Crippen LogP contribution is 2.49. The van der Waals surface area contributed by atoms with Crippen molar-refractivity contribution in [2.75, 3.05) is 7.11 Å². The molecular weight excluding hydrogens is 451 g/mol. The first-order chi connectivity index (χ1) is 15.0. The molecule has 160 valence electrons. The van der Waals surface area contributed by atoms with Gasteiger partial charge in [-0.2, -0.15) is 0 Å². The smallest absolute Gasteiger partial charge is 0.316 e. The Morgan fingerprint density at radius 3 is 2.35 bits per heavy atom. The van der Waals surface area contributed by atoms with Crippen molar-refractivity contribution in [3.63, 3.8) is 0 Å². The van der Waals surface area contributed by atoms with Gasteiger partial charge in [0.25, 0.3) is 0 Å². The number of methoxy groups -OCH3 is 1. The van der Waals surface area contributed by atoms with E-state index in [9.17, 15) is 4.79 Å². The number of halogens is 2. The summed E-state index contributed by atoms with van der Waals surface area (Å²) in [7, 11) is 1.45. The Balaban J connectivity index is 1.30. The second-order valence-electron chi connectivity index (χ2n) is 7.56. The van der Waals surface area contributed by atoms with Crippen molar-refractivity contribution in [2.24, 2.45) is 0 Å². The van der Waals surface area contributed by atoms with E-state index in [1.165, 1.54) is 17.6 Å². The molecule has 3 aromatic carbocycles. The molecule has 0 aliphatic heterocycles. The van der Waals surface area contributed by atoms with Crippen LogP contribution in [0.4, 0.5) is 0 Å². The molecule has 0 amide bonds. The average Bonchev–Trinajstić information content (AvgIpc) is 3.61. The number of carbonyl (C=O) groups excluding carboxylic acids is 1. The van der Waals surface area contributed by atoms with Gasteiger partial charge in [-0.25, -0.2) is 0 Å². The molecule has 0 unspecified atom stereocenters. The molecule has 0 bridgehead atoms. The number of hydrogen-bond donors (Lipinski definition) is 0. The molecule has 0 saturated heterocycles. The van der Waals surface area contributed by atoms with Gasteiger partial charge >= 0.3 is 5.97 Å².